The molecule has 0 N–H and O–H groups in total. The molecule has 0 saturated carbocycles. The highest BCUT2D eigenvalue weighted by molar-refractivity contribution is 8.00. The van der Waals surface area contributed by atoms with Crippen LogP contribution in [0.15, 0.2) is 29.2 Å². The van der Waals surface area contributed by atoms with Gasteiger partial charge in [0, 0.05) is 16.6 Å². The number of rotatable bonds is 5. The number of ether oxygens (including phenoxy) is 1. The molecule has 0 amide bonds. The molecule has 0 spiro atoms. The molecule has 2 nitrogen and oxygen atoms in total. The lowest BCUT2D eigenvalue weighted by Gasteiger charge is -2.10. The lowest BCUT2D eigenvalue weighted by atomic mass is 10.3. The lowest BCUT2D eigenvalue weighted by molar-refractivity contribution is -0.107. The lowest BCUT2D eigenvalue weighted by Crippen LogP contribution is -1.97. The number of hydrogen-bond acceptors (Lipinski definition) is 3. The van der Waals surface area contributed by atoms with Crippen LogP contribution in [0, 0.1) is 0 Å². The van der Waals surface area contributed by atoms with Gasteiger partial charge in [-0.1, -0.05) is 19.1 Å². The van der Waals surface area contributed by atoms with Crippen molar-refractivity contribution in [3.05, 3.63) is 24.3 Å². The molecule has 1 aromatic rings. The summed E-state index contributed by atoms with van der Waals surface area (Å²) in [6, 6.07) is 7.84. The van der Waals surface area contributed by atoms with Crippen molar-refractivity contribution in [1.82, 2.24) is 0 Å². The van der Waals surface area contributed by atoms with E-state index in [1.807, 2.05) is 31.2 Å². The molecule has 0 unspecified atom stereocenters. The molecule has 0 fully saturated rings. The first-order valence-electron chi connectivity index (χ1n) is 4.51. The molecule has 76 valence electrons. The van der Waals surface area contributed by atoms with E-state index < -0.39 is 0 Å². The van der Waals surface area contributed by atoms with Crippen molar-refractivity contribution in [3.8, 4) is 5.75 Å². The number of hydrogen-bond donors (Lipinski definition) is 0. The summed E-state index contributed by atoms with van der Waals surface area (Å²) in [4.78, 5) is 11.4. The van der Waals surface area contributed by atoms with Gasteiger partial charge in [0.25, 0.3) is 0 Å². The van der Waals surface area contributed by atoms with Gasteiger partial charge in [-0.3, -0.25) is 0 Å². The number of benzene rings is 1. The molecular formula is C11H14O2S. The van der Waals surface area contributed by atoms with Crippen molar-refractivity contribution in [1.29, 1.82) is 0 Å². The summed E-state index contributed by atoms with van der Waals surface area (Å²) < 4.78 is 5.22. The summed E-state index contributed by atoms with van der Waals surface area (Å²) in [5.41, 5.74) is 0. The van der Waals surface area contributed by atoms with E-state index in [2.05, 4.69) is 0 Å². The van der Waals surface area contributed by atoms with Gasteiger partial charge >= 0.3 is 0 Å². The average Bonchev–Trinajstić information content (AvgIpc) is 2.19. The van der Waals surface area contributed by atoms with Gasteiger partial charge in [-0.05, 0) is 12.1 Å². The molecule has 1 rings (SSSR count). The van der Waals surface area contributed by atoms with Crippen molar-refractivity contribution in [2.75, 3.05) is 7.11 Å². The Labute approximate surface area is 88.7 Å². The zero-order chi connectivity index (χ0) is 10.4. The maximum Gasteiger partial charge on any atom is 0.132 e. The normalized spacial score (nSPS) is 12.1. The van der Waals surface area contributed by atoms with Crippen molar-refractivity contribution >= 4 is 18.0 Å². The molecule has 0 bridgehead atoms. The molecule has 0 radical (unpaired) electrons. The van der Waals surface area contributed by atoms with Crippen LogP contribution in [0.4, 0.5) is 0 Å². The Kier molecular flexibility index (Phi) is 4.53. The number of aldehydes is 1. The van der Waals surface area contributed by atoms with Crippen LogP contribution in [0.25, 0.3) is 0 Å². The molecule has 0 aliphatic heterocycles. The third kappa shape index (κ3) is 3.07. The highest BCUT2D eigenvalue weighted by Gasteiger charge is 2.07. The first-order chi connectivity index (χ1) is 6.77. The smallest absolute Gasteiger partial charge is 0.132 e. The number of thioether (sulfide) groups is 1. The van der Waals surface area contributed by atoms with Crippen molar-refractivity contribution in [2.24, 2.45) is 0 Å². The summed E-state index contributed by atoms with van der Waals surface area (Å²) >= 11 is 1.66. The number of carbonyl (C=O) groups is 1. The maximum absolute atomic E-state index is 10.3. The zero-order valence-corrected chi connectivity index (χ0v) is 9.21. The van der Waals surface area contributed by atoms with E-state index in [0.717, 1.165) is 16.9 Å². The minimum atomic E-state index is 0.295. The summed E-state index contributed by atoms with van der Waals surface area (Å²) in [5.74, 6) is 0.871. The fourth-order valence-electron chi connectivity index (χ4n) is 1.12. The van der Waals surface area contributed by atoms with E-state index in [-0.39, 0.29) is 0 Å². The second-order valence-corrected chi connectivity index (χ2v) is 4.46. The van der Waals surface area contributed by atoms with Crippen LogP contribution in [0.3, 0.4) is 0 Å². The van der Waals surface area contributed by atoms with E-state index in [0.29, 0.717) is 11.7 Å². The Morgan fingerprint density at radius 1 is 1.50 bits per heavy atom. The third-order valence-electron chi connectivity index (χ3n) is 1.83. The fraction of sp³-hybridized carbons (Fsp3) is 0.364. The molecule has 1 aromatic carbocycles. The molecule has 0 saturated heterocycles. The Balaban J connectivity index is 2.69. The highest BCUT2D eigenvalue weighted by Crippen LogP contribution is 2.32. The van der Waals surface area contributed by atoms with Gasteiger partial charge in [-0.15, -0.1) is 11.8 Å². The number of para-hydroxylation sites is 1. The predicted molar refractivity (Wildman–Crippen MR) is 59.0 cm³/mol. The Hall–Kier alpha value is -0.960. The van der Waals surface area contributed by atoms with Crippen LogP contribution < -0.4 is 4.74 Å². The van der Waals surface area contributed by atoms with E-state index in [9.17, 15) is 4.79 Å². The van der Waals surface area contributed by atoms with Gasteiger partial charge in [-0.25, -0.2) is 0 Å². The molecule has 14 heavy (non-hydrogen) atoms. The van der Waals surface area contributed by atoms with Crippen LogP contribution in [0.5, 0.6) is 5.75 Å². The second kappa shape index (κ2) is 5.70. The van der Waals surface area contributed by atoms with Gasteiger partial charge in [0.15, 0.2) is 0 Å². The Morgan fingerprint density at radius 3 is 2.86 bits per heavy atom. The van der Waals surface area contributed by atoms with E-state index in [4.69, 9.17) is 4.74 Å². The fourth-order valence-corrected chi connectivity index (χ4v) is 2.15. The monoisotopic (exact) mass is 210 g/mol. The zero-order valence-electron chi connectivity index (χ0n) is 8.40. The molecule has 1 atom stereocenters. The minimum Gasteiger partial charge on any atom is -0.496 e. The van der Waals surface area contributed by atoms with Crippen molar-refractivity contribution in [3.63, 3.8) is 0 Å². The van der Waals surface area contributed by atoms with Gasteiger partial charge in [0.1, 0.15) is 12.0 Å². The molecular weight excluding hydrogens is 196 g/mol. The Morgan fingerprint density at radius 2 is 2.21 bits per heavy atom. The van der Waals surface area contributed by atoms with E-state index >= 15 is 0 Å². The predicted octanol–water partition coefficient (Wildman–Crippen LogP) is 2.76. The maximum atomic E-state index is 10.3. The first-order valence-corrected chi connectivity index (χ1v) is 5.39. The van der Waals surface area contributed by atoms with Gasteiger partial charge < -0.3 is 9.53 Å². The molecule has 3 heteroatoms. The average molecular weight is 210 g/mol. The summed E-state index contributed by atoms with van der Waals surface area (Å²) in [6.45, 7) is 2.03. The highest BCUT2D eigenvalue weighted by atomic mass is 32.2. The molecule has 0 aliphatic rings. The van der Waals surface area contributed by atoms with E-state index in [1.165, 1.54) is 0 Å². The number of carbonyl (C=O) groups excluding carboxylic acids is 1. The standard InChI is InChI=1S/C11H14O2S/c1-9(7-8-12)14-11-6-4-3-5-10(11)13-2/h3-6,8-9H,7H2,1-2H3/t9-/m1/s1. The van der Waals surface area contributed by atoms with Gasteiger partial charge in [-0.2, -0.15) is 0 Å². The quantitative estimate of drug-likeness (QED) is 0.552. The van der Waals surface area contributed by atoms with Crippen LogP contribution in [-0.2, 0) is 4.79 Å². The summed E-state index contributed by atoms with van der Waals surface area (Å²) in [7, 11) is 1.66. The van der Waals surface area contributed by atoms with Crippen molar-refractivity contribution in [2.45, 2.75) is 23.5 Å². The van der Waals surface area contributed by atoms with Crippen LogP contribution >= 0.6 is 11.8 Å². The summed E-state index contributed by atoms with van der Waals surface area (Å²) in [5, 5.41) is 0.295. The number of methoxy groups -OCH3 is 1. The summed E-state index contributed by atoms with van der Waals surface area (Å²) in [6.07, 6.45) is 1.52. The molecule has 0 aromatic heterocycles. The largest absolute Gasteiger partial charge is 0.496 e. The van der Waals surface area contributed by atoms with Gasteiger partial charge in [0.2, 0.25) is 0 Å². The second-order valence-electron chi connectivity index (χ2n) is 2.98. The third-order valence-corrected chi connectivity index (χ3v) is 3.01. The first kappa shape index (κ1) is 11.1. The van der Waals surface area contributed by atoms with E-state index in [1.54, 1.807) is 18.9 Å². The van der Waals surface area contributed by atoms with Crippen LogP contribution in [0.2, 0.25) is 0 Å². The Bertz CT molecular complexity index is 299. The van der Waals surface area contributed by atoms with Crippen LogP contribution in [0.1, 0.15) is 13.3 Å². The molecule has 0 aliphatic carbocycles. The molecule has 0 heterocycles. The van der Waals surface area contributed by atoms with Crippen molar-refractivity contribution < 1.29 is 9.53 Å². The topological polar surface area (TPSA) is 26.3 Å². The SMILES string of the molecule is COc1ccccc1S[C@H](C)CC=O. The van der Waals surface area contributed by atoms with Crippen LogP contribution in [-0.4, -0.2) is 18.6 Å². The minimum absolute atomic E-state index is 0.295. The van der Waals surface area contributed by atoms with Gasteiger partial charge in [0.05, 0.1) is 7.11 Å².